The van der Waals surface area contributed by atoms with Crippen LogP contribution in [0, 0.1) is 0 Å². The number of anilines is 3. The Morgan fingerprint density at radius 3 is 1.61 bits per heavy atom. The third kappa shape index (κ3) is 5.28. The van der Waals surface area contributed by atoms with E-state index in [1.807, 2.05) is 0 Å². The van der Waals surface area contributed by atoms with Crippen molar-refractivity contribution in [1.29, 1.82) is 0 Å². The van der Waals surface area contributed by atoms with Gasteiger partial charge in [-0.15, -0.1) is 0 Å². The molecule has 0 aromatic heterocycles. The molecule has 0 radical (unpaired) electrons. The Bertz CT molecular complexity index is 3570. The van der Waals surface area contributed by atoms with Gasteiger partial charge in [0.25, 0.3) is 0 Å². The van der Waals surface area contributed by atoms with Crippen LogP contribution in [0.2, 0.25) is 0 Å². The van der Waals surface area contributed by atoms with Crippen molar-refractivity contribution < 1.29 is 0 Å². The smallest absolute Gasteiger partial charge is 0.181 e. The minimum absolute atomic E-state index is 0.141. The number of benzene rings is 10. The van der Waals surface area contributed by atoms with Gasteiger partial charge in [0.1, 0.15) is 0 Å². The Labute approximate surface area is 389 Å². The maximum atomic E-state index is 2.59. The fraction of sp³-hybridized carbons (Fsp3) is 0.0938. The van der Waals surface area contributed by atoms with Gasteiger partial charge in [-0.1, -0.05) is 222 Å². The molecule has 0 fully saturated rings. The van der Waals surface area contributed by atoms with Gasteiger partial charge in [0, 0.05) is 27.8 Å². The summed E-state index contributed by atoms with van der Waals surface area (Å²) in [5, 5.41) is 8.30. The van der Waals surface area contributed by atoms with Crippen LogP contribution in [0.15, 0.2) is 224 Å². The summed E-state index contributed by atoms with van der Waals surface area (Å²) in [6.07, 6.45) is 0. The molecule has 1 nitrogen and oxygen atoms in total. The molecule has 0 amide bonds. The maximum Gasteiger partial charge on any atom is 0.181 e. The van der Waals surface area contributed by atoms with Crippen molar-refractivity contribution in [1.82, 2.24) is 0 Å². The van der Waals surface area contributed by atoms with Crippen molar-refractivity contribution in [3.63, 3.8) is 0 Å². The highest BCUT2D eigenvalue weighted by Gasteiger charge is 2.50. The monoisotopic (exact) mass is 859 g/mol. The van der Waals surface area contributed by atoms with E-state index in [1.54, 1.807) is 0 Å². The molecule has 0 atom stereocenters. The second kappa shape index (κ2) is 14.2. The average Bonchev–Trinajstić information content (AvgIpc) is 3.89. The first-order valence-electron chi connectivity index (χ1n) is 23.4. The summed E-state index contributed by atoms with van der Waals surface area (Å²) >= 11 is 0. The van der Waals surface area contributed by atoms with Crippen LogP contribution < -0.4 is 25.6 Å². The predicted octanol–water partition coefficient (Wildman–Crippen LogP) is 13.9. The highest BCUT2D eigenvalue weighted by Crippen LogP contribution is 2.55. The lowest BCUT2D eigenvalue weighted by Crippen LogP contribution is -2.73. The van der Waals surface area contributed by atoms with Gasteiger partial charge in [0.05, 0.1) is 5.69 Å². The largest absolute Gasteiger partial charge is 0.310 e. The van der Waals surface area contributed by atoms with Gasteiger partial charge in [-0.25, -0.2) is 0 Å². The maximum absolute atomic E-state index is 3.00. The van der Waals surface area contributed by atoms with Gasteiger partial charge in [-0.3, -0.25) is 0 Å². The van der Waals surface area contributed by atoms with Crippen molar-refractivity contribution in [3.8, 4) is 44.5 Å². The van der Waals surface area contributed by atoms with E-state index >= 15 is 0 Å². The Kier molecular flexibility index (Phi) is 8.39. The van der Waals surface area contributed by atoms with Crippen LogP contribution in [-0.4, -0.2) is 8.07 Å². The lowest BCUT2D eigenvalue weighted by molar-refractivity contribution is 0.660. The number of fused-ring (bicyclic) bond motifs is 10. The number of hydrogen-bond donors (Lipinski definition) is 0. The molecular formula is C64H49NSi. The molecule has 10 aromatic carbocycles. The summed E-state index contributed by atoms with van der Waals surface area (Å²) in [6.45, 7) is 9.56. The van der Waals surface area contributed by atoms with Crippen LogP contribution in [-0.2, 0) is 10.8 Å². The van der Waals surface area contributed by atoms with Crippen molar-refractivity contribution in [3.05, 3.63) is 247 Å². The molecule has 314 valence electrons. The first-order chi connectivity index (χ1) is 32.3. The van der Waals surface area contributed by atoms with Crippen LogP contribution >= 0.6 is 0 Å². The fourth-order valence-corrected chi connectivity index (χ4v) is 18.0. The molecule has 1 aliphatic heterocycles. The van der Waals surface area contributed by atoms with Crippen LogP contribution in [0.4, 0.5) is 17.1 Å². The van der Waals surface area contributed by atoms with Gasteiger partial charge < -0.3 is 4.90 Å². The van der Waals surface area contributed by atoms with E-state index in [9.17, 15) is 0 Å². The molecule has 0 bridgehead atoms. The van der Waals surface area contributed by atoms with E-state index in [4.69, 9.17) is 0 Å². The summed E-state index contributed by atoms with van der Waals surface area (Å²) in [4.78, 5) is 2.59. The van der Waals surface area contributed by atoms with Gasteiger partial charge in [-0.05, 0) is 123 Å². The SMILES string of the molecule is CC1(C)c2ccccc2-c2ccc(N(c3cccc([Si]4(c5ccc(-c6ccccc6)c6ccccc56)c5ccccc5-c5ccccc54)c3)c3cccc4c3-c3ccccc3C4(C)C)cc21. The molecule has 10 aromatic rings. The predicted molar refractivity (Wildman–Crippen MR) is 282 cm³/mol. The Balaban J connectivity index is 1.11. The Morgan fingerprint density at radius 2 is 0.864 bits per heavy atom. The third-order valence-corrected chi connectivity index (χ3v) is 20.5. The zero-order chi connectivity index (χ0) is 44.4. The highest BCUT2D eigenvalue weighted by atomic mass is 28.3. The highest BCUT2D eigenvalue weighted by molar-refractivity contribution is 7.23. The number of nitrogens with zero attached hydrogens (tertiary/aromatic N) is 1. The summed E-state index contributed by atoms with van der Waals surface area (Å²) in [7, 11) is -3.00. The zero-order valence-electron chi connectivity index (χ0n) is 37.8. The fourth-order valence-electron chi connectivity index (χ4n) is 12.5. The lowest BCUT2D eigenvalue weighted by Gasteiger charge is -2.35. The van der Waals surface area contributed by atoms with Crippen LogP contribution in [0.25, 0.3) is 55.3 Å². The van der Waals surface area contributed by atoms with Crippen LogP contribution in [0.3, 0.4) is 0 Å². The molecule has 0 saturated carbocycles. The second-order valence-corrected chi connectivity index (χ2v) is 23.3. The van der Waals surface area contributed by atoms with E-state index in [2.05, 4.69) is 257 Å². The quantitative estimate of drug-likeness (QED) is 0.151. The van der Waals surface area contributed by atoms with E-state index in [0.29, 0.717) is 0 Å². The molecule has 1 heterocycles. The minimum Gasteiger partial charge on any atom is -0.310 e. The van der Waals surface area contributed by atoms with Gasteiger partial charge in [0.2, 0.25) is 0 Å². The van der Waals surface area contributed by atoms with E-state index in [0.717, 1.165) is 5.69 Å². The van der Waals surface area contributed by atoms with E-state index < -0.39 is 8.07 Å². The number of rotatable bonds is 6. The van der Waals surface area contributed by atoms with Gasteiger partial charge in [-0.2, -0.15) is 0 Å². The summed E-state index contributed by atoms with van der Waals surface area (Å²) < 4.78 is 0. The molecule has 0 N–H and O–H groups in total. The van der Waals surface area contributed by atoms with E-state index in [1.165, 1.54) is 110 Å². The molecule has 2 heteroatoms. The standard InChI is InChI=1S/C64H49NSi/c1-63(2)55-31-15-11-29-53(55)62-56(63)32-19-33-58(62)65(44-36-37-49-48-25-10-14-30-54(48)64(3,4)57(49)41-44)43-22-18-23-45(40-43)66(59-34-16-12-27-51(59)52-28-13-17-35-60(52)66)61-39-38-46(42-20-6-5-7-21-42)47-24-8-9-26-50(47)61/h5-41H,1-4H3. The summed E-state index contributed by atoms with van der Waals surface area (Å²) in [5.74, 6) is 0. The molecule has 13 rings (SSSR count). The van der Waals surface area contributed by atoms with Crippen LogP contribution in [0.1, 0.15) is 49.9 Å². The molecule has 0 unspecified atom stereocenters. The zero-order valence-corrected chi connectivity index (χ0v) is 38.8. The molecular weight excluding hydrogens is 811 g/mol. The van der Waals surface area contributed by atoms with E-state index in [-0.39, 0.29) is 10.8 Å². The second-order valence-electron chi connectivity index (χ2n) is 19.6. The Hall–Kier alpha value is -7.52. The van der Waals surface area contributed by atoms with Crippen molar-refractivity contribution >= 4 is 56.7 Å². The molecule has 2 aliphatic carbocycles. The van der Waals surface area contributed by atoms with Crippen molar-refractivity contribution in [2.75, 3.05) is 4.90 Å². The molecule has 0 spiro atoms. The lowest BCUT2D eigenvalue weighted by atomic mass is 9.82. The first-order valence-corrected chi connectivity index (χ1v) is 25.4. The summed E-state index contributed by atoms with van der Waals surface area (Å²) in [6, 6.07) is 85.5. The molecule has 0 saturated heterocycles. The van der Waals surface area contributed by atoms with Crippen molar-refractivity contribution in [2.24, 2.45) is 0 Å². The number of hydrogen-bond acceptors (Lipinski definition) is 1. The van der Waals surface area contributed by atoms with Gasteiger partial charge in [0.15, 0.2) is 8.07 Å². The topological polar surface area (TPSA) is 3.24 Å². The third-order valence-electron chi connectivity index (χ3n) is 15.6. The van der Waals surface area contributed by atoms with Crippen LogP contribution in [0.5, 0.6) is 0 Å². The average molecular weight is 860 g/mol. The Morgan fingerprint density at radius 1 is 0.333 bits per heavy atom. The molecule has 66 heavy (non-hydrogen) atoms. The molecule has 3 aliphatic rings. The first kappa shape index (κ1) is 38.9. The van der Waals surface area contributed by atoms with Gasteiger partial charge >= 0.3 is 0 Å². The normalized spacial score (nSPS) is 15.0. The minimum atomic E-state index is -3.00. The summed E-state index contributed by atoms with van der Waals surface area (Å²) in [5.41, 5.74) is 19.2. The van der Waals surface area contributed by atoms with Crippen molar-refractivity contribution in [2.45, 2.75) is 38.5 Å².